The molecule has 3 nitrogen and oxygen atoms in total. The lowest BCUT2D eigenvalue weighted by atomic mass is 10.0. The summed E-state index contributed by atoms with van der Waals surface area (Å²) in [6, 6.07) is 7.97. The fourth-order valence-electron chi connectivity index (χ4n) is 3.70. The van der Waals surface area contributed by atoms with Gasteiger partial charge in [0.25, 0.3) is 0 Å². The smallest absolute Gasteiger partial charge is 0.243 e. The molecule has 0 bridgehead atoms. The van der Waals surface area contributed by atoms with Crippen LogP contribution < -0.4 is 5.43 Å². The number of hydrazone groups is 1. The van der Waals surface area contributed by atoms with Crippen LogP contribution in [0.2, 0.25) is 0 Å². The van der Waals surface area contributed by atoms with Crippen molar-refractivity contribution in [2.24, 2.45) is 22.9 Å². The van der Waals surface area contributed by atoms with Crippen molar-refractivity contribution in [3.8, 4) is 0 Å². The van der Waals surface area contributed by atoms with Crippen LogP contribution >= 0.6 is 15.9 Å². The predicted molar refractivity (Wildman–Crippen MR) is 92.7 cm³/mol. The Bertz CT molecular complexity index is 553. The largest absolute Gasteiger partial charge is 0.273 e. The Morgan fingerprint density at radius 1 is 1.09 bits per heavy atom. The van der Waals surface area contributed by atoms with Crippen molar-refractivity contribution in [1.29, 1.82) is 0 Å². The molecular formula is C18H23BrN2O. The number of hydrogen-bond donors (Lipinski definition) is 1. The van der Waals surface area contributed by atoms with E-state index >= 15 is 0 Å². The maximum atomic E-state index is 12.4. The fraction of sp³-hybridized carbons (Fsp3) is 0.556. The van der Waals surface area contributed by atoms with E-state index in [-0.39, 0.29) is 11.8 Å². The summed E-state index contributed by atoms with van der Waals surface area (Å²) in [4.78, 5) is 12.4. The van der Waals surface area contributed by atoms with Crippen LogP contribution in [-0.4, -0.2) is 11.6 Å². The van der Waals surface area contributed by atoms with Gasteiger partial charge >= 0.3 is 0 Å². The molecule has 0 aliphatic heterocycles. The average molecular weight is 363 g/mol. The molecule has 0 spiro atoms. The standard InChI is InChI=1S/C18H23BrN2O/c1-12(13-8-10-14(19)11-9-13)20-21-18(22)17-15-6-4-2-3-5-7-16(15)17/h8-11,15-17H,2-7H2,1H3,(H,21,22). The number of amides is 1. The molecule has 1 aromatic rings. The summed E-state index contributed by atoms with van der Waals surface area (Å²) >= 11 is 3.42. The van der Waals surface area contributed by atoms with Crippen molar-refractivity contribution in [2.75, 3.05) is 0 Å². The summed E-state index contributed by atoms with van der Waals surface area (Å²) < 4.78 is 1.04. The zero-order valence-corrected chi connectivity index (χ0v) is 14.6. The number of benzene rings is 1. The van der Waals surface area contributed by atoms with Crippen molar-refractivity contribution in [2.45, 2.75) is 45.4 Å². The van der Waals surface area contributed by atoms with Gasteiger partial charge in [-0.25, -0.2) is 5.43 Å². The third-order valence-electron chi connectivity index (χ3n) is 5.06. The maximum Gasteiger partial charge on any atom is 0.243 e. The van der Waals surface area contributed by atoms with Crippen LogP contribution in [0, 0.1) is 17.8 Å². The summed E-state index contributed by atoms with van der Waals surface area (Å²) in [7, 11) is 0. The van der Waals surface area contributed by atoms with Gasteiger partial charge in [-0.05, 0) is 49.3 Å². The number of nitrogens with one attached hydrogen (secondary N) is 1. The second-order valence-electron chi connectivity index (χ2n) is 6.53. The molecule has 0 saturated heterocycles. The molecule has 2 saturated carbocycles. The quantitative estimate of drug-likeness (QED) is 0.623. The molecule has 0 heterocycles. The Morgan fingerprint density at radius 2 is 1.68 bits per heavy atom. The molecule has 1 amide bonds. The van der Waals surface area contributed by atoms with E-state index in [0.717, 1.165) is 15.7 Å². The molecule has 2 fully saturated rings. The average Bonchev–Trinajstić information content (AvgIpc) is 3.16. The topological polar surface area (TPSA) is 41.5 Å². The molecular weight excluding hydrogens is 340 g/mol. The summed E-state index contributed by atoms with van der Waals surface area (Å²) in [6.07, 6.45) is 7.67. The number of carbonyl (C=O) groups excluding carboxylic acids is 1. The monoisotopic (exact) mass is 362 g/mol. The van der Waals surface area contributed by atoms with Crippen molar-refractivity contribution < 1.29 is 4.79 Å². The predicted octanol–water partition coefficient (Wildman–Crippen LogP) is 4.51. The van der Waals surface area contributed by atoms with Gasteiger partial charge < -0.3 is 0 Å². The minimum atomic E-state index is 0.119. The third kappa shape index (κ3) is 3.60. The second kappa shape index (κ2) is 6.95. The Morgan fingerprint density at radius 3 is 2.27 bits per heavy atom. The maximum absolute atomic E-state index is 12.4. The molecule has 118 valence electrons. The van der Waals surface area contributed by atoms with Gasteiger partial charge in [0, 0.05) is 10.4 Å². The normalized spacial score (nSPS) is 28.3. The molecule has 1 aromatic carbocycles. The van der Waals surface area contributed by atoms with E-state index in [0.29, 0.717) is 11.8 Å². The van der Waals surface area contributed by atoms with E-state index in [2.05, 4.69) is 26.5 Å². The first-order chi connectivity index (χ1) is 10.7. The van der Waals surface area contributed by atoms with E-state index < -0.39 is 0 Å². The molecule has 2 unspecified atom stereocenters. The van der Waals surface area contributed by atoms with E-state index in [9.17, 15) is 4.79 Å². The van der Waals surface area contributed by atoms with Gasteiger partial charge in [0.05, 0.1) is 5.71 Å². The molecule has 1 N–H and O–H groups in total. The van der Waals surface area contributed by atoms with Crippen molar-refractivity contribution in [3.05, 3.63) is 34.3 Å². The van der Waals surface area contributed by atoms with Crippen LogP contribution in [0.3, 0.4) is 0 Å². The van der Waals surface area contributed by atoms with Crippen molar-refractivity contribution in [1.82, 2.24) is 5.43 Å². The first-order valence-electron chi connectivity index (χ1n) is 8.27. The van der Waals surface area contributed by atoms with Gasteiger partial charge in [0.1, 0.15) is 0 Å². The van der Waals surface area contributed by atoms with Gasteiger partial charge in [-0.15, -0.1) is 0 Å². The fourth-order valence-corrected chi connectivity index (χ4v) is 3.97. The number of halogens is 1. The summed E-state index contributed by atoms with van der Waals surface area (Å²) in [6.45, 7) is 1.93. The van der Waals surface area contributed by atoms with Crippen molar-refractivity contribution >= 4 is 27.5 Å². The number of hydrogen-bond acceptors (Lipinski definition) is 2. The molecule has 2 atom stereocenters. The highest BCUT2D eigenvalue weighted by Gasteiger charge is 2.53. The third-order valence-corrected chi connectivity index (χ3v) is 5.58. The zero-order valence-electron chi connectivity index (χ0n) is 13.0. The number of rotatable bonds is 3. The van der Waals surface area contributed by atoms with Crippen LogP contribution in [0.5, 0.6) is 0 Å². The minimum absolute atomic E-state index is 0.119. The highest BCUT2D eigenvalue weighted by atomic mass is 79.9. The SMILES string of the molecule is CC(=NNC(=O)C1C2CCCCCCC21)c1ccc(Br)cc1. The van der Waals surface area contributed by atoms with Gasteiger partial charge in [-0.3, -0.25) is 4.79 Å². The molecule has 2 aliphatic carbocycles. The molecule has 2 aliphatic rings. The number of fused-ring (bicyclic) bond motifs is 1. The summed E-state index contributed by atoms with van der Waals surface area (Å²) in [5, 5.41) is 4.29. The van der Waals surface area contributed by atoms with Crippen LogP contribution in [0.15, 0.2) is 33.8 Å². The van der Waals surface area contributed by atoms with Crippen LogP contribution in [0.1, 0.15) is 51.0 Å². The lowest BCUT2D eigenvalue weighted by Crippen LogP contribution is -2.22. The van der Waals surface area contributed by atoms with E-state index in [1.165, 1.54) is 38.5 Å². The Kier molecular flexibility index (Phi) is 4.97. The van der Waals surface area contributed by atoms with E-state index in [4.69, 9.17) is 0 Å². The van der Waals surface area contributed by atoms with Gasteiger partial charge in [0.15, 0.2) is 0 Å². The van der Waals surface area contributed by atoms with Gasteiger partial charge in [-0.2, -0.15) is 5.10 Å². The molecule has 0 aromatic heterocycles. The van der Waals surface area contributed by atoms with Crippen LogP contribution in [-0.2, 0) is 4.79 Å². The Hall–Kier alpha value is -1.16. The molecule has 4 heteroatoms. The summed E-state index contributed by atoms with van der Waals surface area (Å²) in [5.74, 6) is 1.56. The second-order valence-corrected chi connectivity index (χ2v) is 7.44. The highest BCUT2D eigenvalue weighted by molar-refractivity contribution is 9.10. The first-order valence-corrected chi connectivity index (χ1v) is 9.06. The highest BCUT2D eigenvalue weighted by Crippen LogP contribution is 2.53. The van der Waals surface area contributed by atoms with E-state index in [1.54, 1.807) is 0 Å². The first kappa shape index (κ1) is 15.7. The number of carbonyl (C=O) groups is 1. The molecule has 0 radical (unpaired) electrons. The molecule has 22 heavy (non-hydrogen) atoms. The van der Waals surface area contributed by atoms with E-state index in [1.807, 2.05) is 31.2 Å². The van der Waals surface area contributed by atoms with Gasteiger partial charge in [0.2, 0.25) is 5.91 Å². The zero-order chi connectivity index (χ0) is 15.5. The summed E-state index contributed by atoms with van der Waals surface area (Å²) in [5.41, 5.74) is 4.67. The van der Waals surface area contributed by atoms with Crippen LogP contribution in [0.4, 0.5) is 0 Å². The lowest BCUT2D eigenvalue weighted by Gasteiger charge is -2.04. The van der Waals surface area contributed by atoms with Crippen molar-refractivity contribution in [3.63, 3.8) is 0 Å². The van der Waals surface area contributed by atoms with Gasteiger partial charge in [-0.1, -0.05) is 53.7 Å². The Balaban J connectivity index is 1.58. The molecule has 3 rings (SSSR count). The Labute approximate surface area is 140 Å². The minimum Gasteiger partial charge on any atom is -0.273 e. The lowest BCUT2D eigenvalue weighted by molar-refractivity contribution is -0.122. The number of nitrogens with zero attached hydrogens (tertiary/aromatic N) is 1. The van der Waals surface area contributed by atoms with Crippen LogP contribution in [0.25, 0.3) is 0 Å².